The summed E-state index contributed by atoms with van der Waals surface area (Å²) in [5, 5.41) is 0.584. The standard InChI is InChI=1S/C23H27ClO/c1-2-3-4-5-6-7-10-19-11-8-12-20(17-19)15-16-23(25)21-13-9-14-22(24)18-21/h8-9,11-18H,2-7,10H2,1H3. The summed E-state index contributed by atoms with van der Waals surface area (Å²) in [6.45, 7) is 2.25. The van der Waals surface area contributed by atoms with E-state index in [1.165, 1.54) is 44.1 Å². The zero-order valence-corrected chi connectivity index (χ0v) is 15.8. The summed E-state index contributed by atoms with van der Waals surface area (Å²) >= 11 is 5.94. The van der Waals surface area contributed by atoms with Crippen molar-refractivity contribution in [1.29, 1.82) is 0 Å². The van der Waals surface area contributed by atoms with Gasteiger partial charge in [0.1, 0.15) is 0 Å². The van der Waals surface area contributed by atoms with Crippen molar-refractivity contribution in [2.75, 3.05) is 0 Å². The molecular weight excluding hydrogens is 328 g/mol. The number of ketones is 1. The van der Waals surface area contributed by atoms with Crippen LogP contribution in [0.2, 0.25) is 5.02 Å². The highest BCUT2D eigenvalue weighted by atomic mass is 35.5. The van der Waals surface area contributed by atoms with Gasteiger partial charge in [-0.25, -0.2) is 0 Å². The van der Waals surface area contributed by atoms with Gasteiger partial charge in [0, 0.05) is 10.6 Å². The van der Waals surface area contributed by atoms with Gasteiger partial charge in [-0.15, -0.1) is 0 Å². The average molecular weight is 355 g/mol. The quantitative estimate of drug-likeness (QED) is 0.252. The van der Waals surface area contributed by atoms with Crippen molar-refractivity contribution in [2.45, 2.75) is 51.9 Å². The van der Waals surface area contributed by atoms with E-state index in [9.17, 15) is 4.79 Å². The molecule has 0 aliphatic carbocycles. The van der Waals surface area contributed by atoms with Gasteiger partial charge in [0.05, 0.1) is 0 Å². The van der Waals surface area contributed by atoms with Gasteiger partial charge in [-0.05, 0) is 42.2 Å². The third-order valence-corrected chi connectivity index (χ3v) is 4.54. The molecule has 0 saturated heterocycles. The lowest BCUT2D eigenvalue weighted by atomic mass is 10.0. The zero-order chi connectivity index (χ0) is 17.9. The van der Waals surface area contributed by atoms with Gasteiger partial charge in [-0.3, -0.25) is 4.79 Å². The van der Waals surface area contributed by atoms with Gasteiger partial charge in [0.25, 0.3) is 0 Å². The number of benzene rings is 2. The lowest BCUT2D eigenvalue weighted by Gasteiger charge is -2.03. The van der Waals surface area contributed by atoms with Crippen LogP contribution in [-0.4, -0.2) is 5.78 Å². The van der Waals surface area contributed by atoms with E-state index in [-0.39, 0.29) is 5.78 Å². The number of halogens is 1. The highest BCUT2D eigenvalue weighted by Gasteiger charge is 2.02. The molecule has 25 heavy (non-hydrogen) atoms. The predicted molar refractivity (Wildman–Crippen MR) is 108 cm³/mol. The molecule has 2 aromatic carbocycles. The first-order chi connectivity index (χ1) is 12.2. The monoisotopic (exact) mass is 354 g/mol. The van der Waals surface area contributed by atoms with Crippen LogP contribution >= 0.6 is 11.6 Å². The van der Waals surface area contributed by atoms with Crippen molar-refractivity contribution in [3.05, 3.63) is 76.3 Å². The Kier molecular flexibility index (Phi) is 8.48. The molecule has 0 unspecified atom stereocenters. The van der Waals surface area contributed by atoms with Gasteiger partial charge in [0.2, 0.25) is 0 Å². The van der Waals surface area contributed by atoms with Crippen molar-refractivity contribution >= 4 is 23.5 Å². The van der Waals surface area contributed by atoms with E-state index in [4.69, 9.17) is 11.6 Å². The minimum atomic E-state index is -0.0242. The van der Waals surface area contributed by atoms with Gasteiger partial charge in [-0.2, -0.15) is 0 Å². The Labute approximate surface area is 156 Å². The number of carbonyl (C=O) groups excluding carboxylic acids is 1. The van der Waals surface area contributed by atoms with Crippen LogP contribution in [0.4, 0.5) is 0 Å². The molecule has 0 fully saturated rings. The van der Waals surface area contributed by atoms with Gasteiger partial charge < -0.3 is 0 Å². The highest BCUT2D eigenvalue weighted by Crippen LogP contribution is 2.14. The third-order valence-electron chi connectivity index (χ3n) is 4.31. The second kappa shape index (κ2) is 10.9. The molecule has 2 heteroatoms. The summed E-state index contributed by atoms with van der Waals surface area (Å²) in [5.41, 5.74) is 3.03. The predicted octanol–water partition coefficient (Wildman–Crippen LogP) is 7.14. The fourth-order valence-electron chi connectivity index (χ4n) is 2.87. The van der Waals surface area contributed by atoms with E-state index in [1.807, 2.05) is 12.1 Å². The molecule has 0 radical (unpaired) electrons. The summed E-state index contributed by atoms with van der Waals surface area (Å²) in [5.74, 6) is -0.0242. The molecule has 2 rings (SSSR count). The first-order valence-electron chi connectivity index (χ1n) is 9.26. The molecule has 0 aliphatic rings. The number of hydrogen-bond donors (Lipinski definition) is 0. The zero-order valence-electron chi connectivity index (χ0n) is 15.0. The summed E-state index contributed by atoms with van der Waals surface area (Å²) in [4.78, 5) is 12.2. The molecule has 0 heterocycles. The molecule has 1 nitrogen and oxygen atoms in total. The van der Waals surface area contributed by atoms with Crippen molar-refractivity contribution < 1.29 is 4.79 Å². The molecule has 0 atom stereocenters. The van der Waals surface area contributed by atoms with Crippen LogP contribution in [0.15, 0.2) is 54.6 Å². The molecule has 0 N–H and O–H groups in total. The second-order valence-corrected chi connectivity index (χ2v) is 6.91. The Hall–Kier alpha value is -1.86. The van der Waals surface area contributed by atoms with Gasteiger partial charge in [-0.1, -0.05) is 93.1 Å². The van der Waals surface area contributed by atoms with E-state index >= 15 is 0 Å². The summed E-state index contributed by atoms with van der Waals surface area (Å²) in [6.07, 6.45) is 12.5. The normalized spacial score (nSPS) is 11.1. The maximum Gasteiger partial charge on any atom is 0.185 e. The number of carbonyl (C=O) groups is 1. The topological polar surface area (TPSA) is 17.1 Å². The van der Waals surface area contributed by atoms with Crippen molar-refractivity contribution in [2.24, 2.45) is 0 Å². The minimum absolute atomic E-state index is 0.0242. The second-order valence-electron chi connectivity index (χ2n) is 6.47. The molecule has 132 valence electrons. The van der Waals surface area contributed by atoms with Crippen LogP contribution in [-0.2, 0) is 6.42 Å². The number of rotatable bonds is 10. The summed E-state index contributed by atoms with van der Waals surface area (Å²) in [6, 6.07) is 15.5. The van der Waals surface area contributed by atoms with Gasteiger partial charge >= 0.3 is 0 Å². The SMILES string of the molecule is CCCCCCCCc1cccc(C=CC(=O)c2cccc(Cl)c2)c1. The number of unbranched alkanes of at least 4 members (excludes halogenated alkanes) is 5. The lowest BCUT2D eigenvalue weighted by Crippen LogP contribution is -1.93. The Morgan fingerprint density at radius 2 is 1.72 bits per heavy atom. The first-order valence-corrected chi connectivity index (χ1v) is 9.64. The molecule has 0 spiro atoms. The Bertz CT molecular complexity index is 703. The van der Waals surface area contributed by atoms with E-state index < -0.39 is 0 Å². The van der Waals surface area contributed by atoms with Crippen LogP contribution in [0.5, 0.6) is 0 Å². The van der Waals surface area contributed by atoms with Gasteiger partial charge in [0.15, 0.2) is 5.78 Å². The maximum atomic E-state index is 12.2. The third kappa shape index (κ3) is 7.27. The lowest BCUT2D eigenvalue weighted by molar-refractivity contribution is 0.104. The van der Waals surface area contributed by atoms with Crippen molar-refractivity contribution in [1.82, 2.24) is 0 Å². The number of allylic oxidation sites excluding steroid dienone is 1. The Morgan fingerprint density at radius 3 is 2.52 bits per heavy atom. The molecule has 0 aromatic heterocycles. The average Bonchev–Trinajstić information content (AvgIpc) is 2.63. The van der Waals surface area contributed by atoms with Crippen LogP contribution in [0.1, 0.15) is 66.9 Å². The largest absolute Gasteiger partial charge is 0.289 e. The van der Waals surface area contributed by atoms with Crippen molar-refractivity contribution in [3.8, 4) is 0 Å². The van der Waals surface area contributed by atoms with Crippen LogP contribution in [0, 0.1) is 0 Å². The Morgan fingerprint density at radius 1 is 0.960 bits per heavy atom. The summed E-state index contributed by atoms with van der Waals surface area (Å²) < 4.78 is 0. The van der Waals surface area contributed by atoms with Crippen LogP contribution in [0.3, 0.4) is 0 Å². The molecule has 0 amide bonds. The van der Waals surface area contributed by atoms with E-state index in [0.29, 0.717) is 10.6 Å². The van der Waals surface area contributed by atoms with E-state index in [0.717, 1.165) is 12.0 Å². The van der Waals surface area contributed by atoms with E-state index in [1.54, 1.807) is 30.3 Å². The molecule has 2 aromatic rings. The Balaban J connectivity index is 1.87. The van der Waals surface area contributed by atoms with Crippen LogP contribution in [0.25, 0.3) is 6.08 Å². The molecule has 0 bridgehead atoms. The fourth-order valence-corrected chi connectivity index (χ4v) is 3.06. The smallest absolute Gasteiger partial charge is 0.185 e. The van der Waals surface area contributed by atoms with Crippen LogP contribution < -0.4 is 0 Å². The first kappa shape index (κ1) is 19.5. The summed E-state index contributed by atoms with van der Waals surface area (Å²) in [7, 11) is 0. The highest BCUT2D eigenvalue weighted by molar-refractivity contribution is 6.31. The van der Waals surface area contributed by atoms with E-state index in [2.05, 4.69) is 25.1 Å². The molecule has 0 saturated carbocycles. The minimum Gasteiger partial charge on any atom is -0.289 e. The number of hydrogen-bond acceptors (Lipinski definition) is 1. The molecule has 0 aliphatic heterocycles. The maximum absolute atomic E-state index is 12.2. The number of aryl methyl sites for hydroxylation is 1. The fraction of sp³-hybridized carbons (Fsp3) is 0.348. The molecular formula is C23H27ClO. The van der Waals surface area contributed by atoms with Crippen molar-refractivity contribution in [3.63, 3.8) is 0 Å².